The second-order valence-corrected chi connectivity index (χ2v) is 24.3. The molecule has 9 unspecified atom stereocenters. The zero-order valence-electron chi connectivity index (χ0n) is 53.3. The molecule has 1 aromatic rings. The molecule has 0 bridgehead atoms. The number of carbonyl (C=O) groups is 11. The zero-order chi connectivity index (χ0) is 64.3. The molecule has 22 heteroatoms. The maximum absolute atomic E-state index is 12.9. The van der Waals surface area contributed by atoms with Gasteiger partial charge in [-0.2, -0.15) is 0 Å². The Kier molecular flexibility index (Phi) is 37.0. The Balaban J connectivity index is 0.000000652. The van der Waals surface area contributed by atoms with E-state index >= 15 is 0 Å². The maximum Gasteiger partial charge on any atom is 0.328 e. The van der Waals surface area contributed by atoms with Gasteiger partial charge >= 0.3 is 29.8 Å². The largest absolute Gasteiger partial charge is 0.465 e. The van der Waals surface area contributed by atoms with E-state index in [4.69, 9.17) is 33.2 Å². The first-order valence-corrected chi connectivity index (χ1v) is 30.9. The lowest BCUT2D eigenvalue weighted by atomic mass is 9.91. The highest BCUT2D eigenvalue weighted by atomic mass is 16.7. The number of ether oxygens (including phenoxy) is 7. The molecule has 486 valence electrons. The van der Waals surface area contributed by atoms with E-state index in [0.29, 0.717) is 57.0 Å². The minimum Gasteiger partial charge on any atom is -0.465 e. The number of nitrogens with one attached hydrogen (secondary N) is 4. The molecule has 3 amide bonds. The third kappa shape index (κ3) is 32.0. The van der Waals surface area contributed by atoms with Crippen LogP contribution in [0.15, 0.2) is 30.3 Å². The highest BCUT2D eigenvalue weighted by molar-refractivity contribution is 6.00. The van der Waals surface area contributed by atoms with Crippen LogP contribution in [0.4, 0.5) is 0 Å². The smallest absolute Gasteiger partial charge is 0.328 e. The van der Waals surface area contributed by atoms with Crippen LogP contribution in [0, 0.1) is 35.5 Å². The van der Waals surface area contributed by atoms with E-state index in [1.165, 1.54) is 13.8 Å². The summed E-state index contributed by atoms with van der Waals surface area (Å²) in [5, 5.41) is 10.8. The van der Waals surface area contributed by atoms with E-state index in [0.717, 1.165) is 37.7 Å². The summed E-state index contributed by atoms with van der Waals surface area (Å²) in [6, 6.07) is 6.82. The van der Waals surface area contributed by atoms with Crippen LogP contribution in [-0.4, -0.2) is 147 Å². The number of Topliss-reactive ketones (excluding diaryl/α,β-unsaturated/α-hetero) is 3. The molecule has 2 aliphatic heterocycles. The second kappa shape index (κ2) is 41.9. The molecule has 9 atom stereocenters. The minimum absolute atomic E-state index is 0.0272. The molecule has 1 aromatic carbocycles. The van der Waals surface area contributed by atoms with Crippen molar-refractivity contribution in [1.82, 2.24) is 21.3 Å². The number of carbonyl (C=O) groups excluding carboxylic acids is 11. The predicted molar refractivity (Wildman–Crippen MR) is 319 cm³/mol. The van der Waals surface area contributed by atoms with Gasteiger partial charge in [-0.3, -0.25) is 43.2 Å². The van der Waals surface area contributed by atoms with Crippen LogP contribution >= 0.6 is 0 Å². The van der Waals surface area contributed by atoms with Crippen LogP contribution in [0.3, 0.4) is 0 Å². The summed E-state index contributed by atoms with van der Waals surface area (Å²) in [5.41, 5.74) is 0.787. The SMILES string of the molecule is CCC(CC(C)C)C(=O)OCCCCCCOC(=O)C(CC(C)C)NC(=O)CC(=O)NCCCCC(NC(=O)CC(C)=O)C(=O)OCc1ccccc1.CNC(CC(C)C)C(=O)OC1COC2C(OC(=O)C(CC(=O)CC(C)=O)CC(C)C)COC12. The van der Waals surface area contributed by atoms with Gasteiger partial charge in [0.05, 0.1) is 51.1 Å². The van der Waals surface area contributed by atoms with Gasteiger partial charge in [-0.05, 0) is 127 Å². The van der Waals surface area contributed by atoms with Gasteiger partial charge in [0.1, 0.15) is 60.7 Å². The van der Waals surface area contributed by atoms with Gasteiger partial charge in [-0.25, -0.2) is 9.59 Å². The Morgan fingerprint density at radius 2 is 1.02 bits per heavy atom. The lowest BCUT2D eigenvalue weighted by Crippen LogP contribution is -2.44. The van der Waals surface area contributed by atoms with Crippen molar-refractivity contribution in [3.63, 3.8) is 0 Å². The average Bonchev–Trinajstić information content (AvgIpc) is 2.05. The molecule has 86 heavy (non-hydrogen) atoms. The molecule has 2 fully saturated rings. The Bertz CT molecular complexity index is 2290. The van der Waals surface area contributed by atoms with Crippen molar-refractivity contribution in [3.05, 3.63) is 35.9 Å². The van der Waals surface area contributed by atoms with E-state index in [-0.39, 0.29) is 106 Å². The minimum atomic E-state index is -0.964. The number of rotatable bonds is 41. The summed E-state index contributed by atoms with van der Waals surface area (Å²) in [5.74, 6) is -4.36. The first-order chi connectivity index (χ1) is 40.7. The molecule has 0 spiro atoms. The zero-order valence-corrected chi connectivity index (χ0v) is 53.3. The number of esters is 5. The van der Waals surface area contributed by atoms with Gasteiger partial charge in [-0.15, -0.1) is 0 Å². The van der Waals surface area contributed by atoms with E-state index < -0.39 is 90.5 Å². The van der Waals surface area contributed by atoms with Gasteiger partial charge in [0.15, 0.2) is 12.2 Å². The van der Waals surface area contributed by atoms with Crippen molar-refractivity contribution in [1.29, 1.82) is 0 Å². The summed E-state index contributed by atoms with van der Waals surface area (Å²) >= 11 is 0. The average molecular weight is 1220 g/mol. The van der Waals surface area contributed by atoms with E-state index in [1.54, 1.807) is 19.2 Å². The number of ketones is 3. The van der Waals surface area contributed by atoms with Crippen molar-refractivity contribution in [2.24, 2.45) is 35.5 Å². The van der Waals surface area contributed by atoms with Crippen LogP contribution in [-0.2, 0) is 92.5 Å². The Morgan fingerprint density at radius 1 is 0.523 bits per heavy atom. The van der Waals surface area contributed by atoms with Crippen molar-refractivity contribution < 1.29 is 85.9 Å². The number of likely N-dealkylation sites (N-methyl/N-ethyl adjacent to an activating group) is 1. The molecular formula is C64H102N4O18. The number of hydrogen-bond acceptors (Lipinski definition) is 19. The lowest BCUT2D eigenvalue weighted by molar-refractivity contribution is -0.161. The maximum atomic E-state index is 12.9. The molecule has 3 rings (SSSR count). The molecule has 0 saturated carbocycles. The fourth-order valence-electron chi connectivity index (χ4n) is 9.88. The highest BCUT2D eigenvalue weighted by Crippen LogP contribution is 2.32. The van der Waals surface area contributed by atoms with Gasteiger partial charge in [0.25, 0.3) is 0 Å². The van der Waals surface area contributed by atoms with Gasteiger partial charge in [-0.1, -0.05) is 92.6 Å². The van der Waals surface area contributed by atoms with Crippen LogP contribution in [0.5, 0.6) is 0 Å². The van der Waals surface area contributed by atoms with Crippen LogP contribution in [0.1, 0.15) is 184 Å². The highest BCUT2D eigenvalue weighted by Gasteiger charge is 2.52. The standard InChI is InChI=1S/C40H63N3O10.C24H39NO8/c1-7-32(23-28(2)3)38(48)51-21-15-8-9-16-22-52-40(50)34(24-29(4)5)43-37(47)26-35(45)41-20-14-13-19-33(42-36(46)25-30(6)44)39(49)53-27-31-17-11-10-12-18-31;1-13(2)7-16(10-17(27)9-15(5)26)23(28)32-19-11-30-22-20(12-31-21(19)22)33-24(29)18(25-6)8-14(3)4/h10-12,17-18,28-29,32-34H,7-9,13-16,19-27H2,1-6H3,(H,41,45)(H,42,46)(H,43,47);13-14,16,18-22,25H,7-12H2,1-6H3. The second-order valence-electron chi connectivity index (χ2n) is 24.3. The first-order valence-electron chi connectivity index (χ1n) is 30.9. The third-order valence-electron chi connectivity index (χ3n) is 14.1. The third-order valence-corrected chi connectivity index (χ3v) is 14.1. The van der Waals surface area contributed by atoms with Gasteiger partial charge in [0, 0.05) is 13.0 Å². The lowest BCUT2D eigenvalue weighted by Gasteiger charge is -2.22. The first kappa shape index (κ1) is 76.0. The van der Waals surface area contributed by atoms with Crippen LogP contribution < -0.4 is 21.3 Å². The van der Waals surface area contributed by atoms with Gasteiger partial charge < -0.3 is 54.4 Å². The normalized spacial score (nSPS) is 17.9. The van der Waals surface area contributed by atoms with Crippen molar-refractivity contribution in [2.75, 3.05) is 40.0 Å². The number of unbranched alkanes of at least 4 members (excludes halogenated alkanes) is 4. The van der Waals surface area contributed by atoms with Crippen molar-refractivity contribution in [2.45, 2.75) is 228 Å². The molecule has 22 nitrogen and oxygen atoms in total. The Morgan fingerprint density at radius 3 is 1.56 bits per heavy atom. The molecule has 0 aliphatic carbocycles. The summed E-state index contributed by atoms with van der Waals surface area (Å²) in [4.78, 5) is 135. The fourth-order valence-corrected chi connectivity index (χ4v) is 9.88. The fraction of sp³-hybridized carbons (Fsp3) is 0.734. The molecule has 2 saturated heterocycles. The van der Waals surface area contributed by atoms with E-state index in [2.05, 4.69) is 35.1 Å². The van der Waals surface area contributed by atoms with E-state index in [9.17, 15) is 52.7 Å². The molecule has 0 aromatic heterocycles. The quantitative estimate of drug-likeness (QED) is 0.0223. The number of benzene rings is 1. The summed E-state index contributed by atoms with van der Waals surface area (Å²) in [6.45, 7) is 21.8. The number of fused-ring (bicyclic) bond motifs is 1. The Labute approximate surface area is 509 Å². The molecular weight excluding hydrogens is 1110 g/mol. The number of amides is 3. The molecule has 0 radical (unpaired) electrons. The predicted octanol–water partition coefficient (Wildman–Crippen LogP) is 6.96. The van der Waals surface area contributed by atoms with Crippen molar-refractivity contribution >= 4 is 64.9 Å². The van der Waals surface area contributed by atoms with Crippen LogP contribution in [0.2, 0.25) is 0 Å². The van der Waals surface area contributed by atoms with Gasteiger partial charge in [0.2, 0.25) is 17.7 Å². The molecule has 2 aliphatic rings. The molecule has 2 heterocycles. The van der Waals surface area contributed by atoms with Crippen LogP contribution in [0.25, 0.3) is 0 Å². The summed E-state index contributed by atoms with van der Waals surface area (Å²) in [6.07, 6.45) is 3.88. The van der Waals surface area contributed by atoms with E-state index in [1.807, 2.05) is 66.7 Å². The topological polar surface area (TPSA) is 300 Å². The summed E-state index contributed by atoms with van der Waals surface area (Å²) < 4.78 is 39.1. The summed E-state index contributed by atoms with van der Waals surface area (Å²) in [7, 11) is 1.72. The van der Waals surface area contributed by atoms with Crippen molar-refractivity contribution in [3.8, 4) is 0 Å². The number of hydrogen-bond donors (Lipinski definition) is 4. The molecule has 4 N–H and O–H groups in total. The Hall–Kier alpha value is -6.13. The monoisotopic (exact) mass is 1210 g/mol.